The first kappa shape index (κ1) is 44.6. The van der Waals surface area contributed by atoms with E-state index in [0.29, 0.717) is 25.0 Å². The number of nitriles is 1. The van der Waals surface area contributed by atoms with Crippen LogP contribution in [0.2, 0.25) is 0 Å². The SMILES string of the molecule is CC1CCN(C(=O)CN=C(NC#N)N2CCC(N3CCC4=C(CCC=C4)NC3=O)CC2)CC1.CCCN(C)CCC(C)C.CCc1ccc(C)cc1CC. The fourth-order valence-electron chi connectivity index (χ4n) is 7.54. The van der Waals surface area contributed by atoms with Gasteiger partial charge in [0.2, 0.25) is 11.9 Å². The number of nitrogens with zero attached hydrogens (tertiary/aromatic N) is 6. The molecule has 3 amide bonds. The third-order valence-electron chi connectivity index (χ3n) is 11.1. The third kappa shape index (κ3) is 14.8. The van der Waals surface area contributed by atoms with Gasteiger partial charge in [0.15, 0.2) is 6.19 Å². The Kier molecular flexibility index (Phi) is 19.7. The zero-order valence-corrected chi connectivity index (χ0v) is 35.1. The largest absolute Gasteiger partial charge is 0.342 e. The second-order valence-corrected chi connectivity index (χ2v) is 15.9. The number of piperidine rings is 2. The molecule has 1 aromatic rings. The third-order valence-corrected chi connectivity index (χ3v) is 11.1. The molecule has 2 fully saturated rings. The molecule has 0 saturated carbocycles. The maximum Gasteiger partial charge on any atom is 0.321 e. The average Bonchev–Trinajstić information content (AvgIpc) is 3.34. The summed E-state index contributed by atoms with van der Waals surface area (Å²) in [7, 11) is 2.20. The van der Waals surface area contributed by atoms with Crippen molar-refractivity contribution in [2.24, 2.45) is 16.8 Å². The first-order valence-electron chi connectivity index (χ1n) is 20.9. The first-order chi connectivity index (χ1) is 26.0. The molecule has 5 rings (SSSR count). The number of hydrogen-bond acceptors (Lipinski definition) is 5. The van der Waals surface area contributed by atoms with E-state index in [1.165, 1.54) is 48.2 Å². The maximum absolute atomic E-state index is 12.9. The highest BCUT2D eigenvalue weighted by atomic mass is 16.2. The lowest BCUT2D eigenvalue weighted by molar-refractivity contribution is -0.130. The maximum atomic E-state index is 12.9. The van der Waals surface area contributed by atoms with Crippen molar-refractivity contribution in [2.45, 2.75) is 125 Å². The summed E-state index contributed by atoms with van der Waals surface area (Å²) in [6, 6.07) is 6.89. The minimum Gasteiger partial charge on any atom is -0.342 e. The summed E-state index contributed by atoms with van der Waals surface area (Å²) >= 11 is 0. The molecule has 4 aliphatic rings. The summed E-state index contributed by atoms with van der Waals surface area (Å²) in [6.45, 7) is 21.8. The number of carbonyl (C=O) groups is 2. The van der Waals surface area contributed by atoms with Crippen LogP contribution >= 0.6 is 0 Å². The number of amides is 3. The molecule has 3 heterocycles. The van der Waals surface area contributed by atoms with Gasteiger partial charge < -0.3 is 24.9 Å². The molecule has 0 bridgehead atoms. The van der Waals surface area contributed by atoms with Crippen molar-refractivity contribution in [2.75, 3.05) is 59.4 Å². The van der Waals surface area contributed by atoms with Crippen LogP contribution in [0.3, 0.4) is 0 Å². The molecule has 1 aliphatic carbocycles. The zero-order chi connectivity index (χ0) is 39.5. The van der Waals surface area contributed by atoms with Gasteiger partial charge in [-0.3, -0.25) is 10.1 Å². The van der Waals surface area contributed by atoms with Crippen molar-refractivity contribution in [3.05, 3.63) is 58.3 Å². The van der Waals surface area contributed by atoms with Gasteiger partial charge in [-0.15, -0.1) is 0 Å². The summed E-state index contributed by atoms with van der Waals surface area (Å²) in [5, 5.41) is 15.0. The molecule has 2 N–H and O–H groups in total. The number of carbonyl (C=O) groups excluding carboxylic acids is 2. The van der Waals surface area contributed by atoms with E-state index in [0.717, 1.165) is 89.0 Å². The predicted molar refractivity (Wildman–Crippen MR) is 223 cm³/mol. The molecule has 10 heteroatoms. The second-order valence-electron chi connectivity index (χ2n) is 15.9. The Morgan fingerprint density at radius 3 is 2.31 bits per heavy atom. The topological polar surface area (TPSA) is 107 Å². The molecule has 3 aliphatic heterocycles. The first-order valence-corrected chi connectivity index (χ1v) is 20.9. The van der Waals surface area contributed by atoms with Crippen LogP contribution in [-0.2, 0) is 17.6 Å². The molecule has 0 spiro atoms. The number of aliphatic imine (C=N–C) groups is 1. The molecular weight excluding hydrogens is 673 g/mol. The highest BCUT2D eigenvalue weighted by molar-refractivity contribution is 5.86. The van der Waals surface area contributed by atoms with Gasteiger partial charge in [0, 0.05) is 44.5 Å². The molecule has 0 unspecified atom stereocenters. The lowest BCUT2D eigenvalue weighted by Crippen LogP contribution is -2.52. The van der Waals surface area contributed by atoms with E-state index in [1.807, 2.05) is 20.9 Å². The van der Waals surface area contributed by atoms with Crippen LogP contribution in [0, 0.1) is 30.2 Å². The number of rotatable bonds is 10. The minimum absolute atomic E-state index is 0.000706. The summed E-state index contributed by atoms with van der Waals surface area (Å²) in [4.78, 5) is 38.1. The van der Waals surface area contributed by atoms with Crippen molar-refractivity contribution < 1.29 is 9.59 Å². The van der Waals surface area contributed by atoms with Gasteiger partial charge in [0.1, 0.15) is 6.54 Å². The summed E-state index contributed by atoms with van der Waals surface area (Å²) in [6.07, 6.45) is 17.6. The fraction of sp³-hybridized carbons (Fsp3) is 0.682. The molecule has 0 aromatic heterocycles. The lowest BCUT2D eigenvalue weighted by atomic mass is 9.99. The van der Waals surface area contributed by atoms with Crippen molar-refractivity contribution in [3.63, 3.8) is 0 Å². The number of nitrogens with one attached hydrogen (secondary N) is 2. The van der Waals surface area contributed by atoms with E-state index < -0.39 is 0 Å². The molecule has 0 radical (unpaired) electrons. The van der Waals surface area contributed by atoms with E-state index >= 15 is 0 Å². The standard InChI is InChI=1S/C24H35N7O2.C11H16.C9H21N/c1-18-6-11-29(12-7-18)22(32)16-26-23(27-17-25)30-13-9-20(10-14-30)31-15-8-19-4-2-3-5-21(19)28-24(31)33;1-4-10-7-6-9(3)8-11(10)5-2;1-5-7-10(4)8-6-9(2)3/h2,4,18,20H,3,5-16H2,1H3,(H,26,27)(H,28,33);6-8H,4-5H2,1-3H3;9H,5-8H2,1-4H3. The van der Waals surface area contributed by atoms with Crippen LogP contribution in [0.25, 0.3) is 0 Å². The summed E-state index contributed by atoms with van der Waals surface area (Å²) < 4.78 is 0. The molecule has 54 heavy (non-hydrogen) atoms. The summed E-state index contributed by atoms with van der Waals surface area (Å²) in [5.41, 5.74) is 6.70. The van der Waals surface area contributed by atoms with Crippen LogP contribution in [0.4, 0.5) is 4.79 Å². The average molecular weight is 745 g/mol. The molecule has 2 saturated heterocycles. The molecule has 300 valence electrons. The fourth-order valence-corrected chi connectivity index (χ4v) is 7.54. The van der Waals surface area contributed by atoms with E-state index in [9.17, 15) is 14.9 Å². The van der Waals surface area contributed by atoms with Gasteiger partial charge in [0.25, 0.3) is 0 Å². The van der Waals surface area contributed by atoms with Crippen LogP contribution < -0.4 is 10.6 Å². The Morgan fingerprint density at radius 2 is 1.69 bits per heavy atom. The van der Waals surface area contributed by atoms with Gasteiger partial charge >= 0.3 is 6.03 Å². The van der Waals surface area contributed by atoms with Crippen molar-refractivity contribution in [3.8, 4) is 6.19 Å². The Hall–Kier alpha value is -3.84. The van der Waals surface area contributed by atoms with Gasteiger partial charge in [-0.1, -0.05) is 77.5 Å². The zero-order valence-electron chi connectivity index (χ0n) is 35.1. The monoisotopic (exact) mass is 745 g/mol. The van der Waals surface area contributed by atoms with Crippen LogP contribution in [-0.4, -0.2) is 103 Å². The number of allylic oxidation sites excluding steroid dienone is 3. The smallest absolute Gasteiger partial charge is 0.321 e. The van der Waals surface area contributed by atoms with Crippen molar-refractivity contribution in [1.29, 1.82) is 5.26 Å². The van der Waals surface area contributed by atoms with E-state index in [-0.39, 0.29) is 24.5 Å². The summed E-state index contributed by atoms with van der Waals surface area (Å²) in [5.74, 6) is 1.98. The molecule has 1 aromatic carbocycles. The number of likely N-dealkylation sites (tertiary alicyclic amines) is 2. The van der Waals surface area contributed by atoms with Gasteiger partial charge in [-0.05, 0) is 126 Å². The van der Waals surface area contributed by atoms with E-state index in [4.69, 9.17) is 0 Å². The highest BCUT2D eigenvalue weighted by Crippen LogP contribution is 2.26. The van der Waals surface area contributed by atoms with E-state index in [2.05, 4.69) is 106 Å². The number of guanidine groups is 1. The lowest BCUT2D eigenvalue weighted by Gasteiger charge is -2.38. The van der Waals surface area contributed by atoms with Crippen LogP contribution in [0.5, 0.6) is 0 Å². The van der Waals surface area contributed by atoms with Gasteiger partial charge in [0.05, 0.1) is 0 Å². The predicted octanol–water partition coefficient (Wildman–Crippen LogP) is 7.65. The Morgan fingerprint density at radius 1 is 1.00 bits per heavy atom. The molecule has 0 atom stereocenters. The number of benzene rings is 1. The quantitative estimate of drug-likeness (QED) is 0.110. The minimum atomic E-state index is -0.000706. The van der Waals surface area contributed by atoms with Gasteiger partial charge in [-0.25, -0.2) is 9.79 Å². The van der Waals surface area contributed by atoms with Gasteiger partial charge in [-0.2, -0.15) is 5.26 Å². The molecular formula is C44H72N8O2. The van der Waals surface area contributed by atoms with Crippen molar-refractivity contribution >= 4 is 17.9 Å². The second kappa shape index (κ2) is 23.8. The number of hydrogen-bond donors (Lipinski definition) is 2. The Balaban J connectivity index is 0.000000304. The van der Waals surface area contributed by atoms with Crippen LogP contribution in [0.1, 0.15) is 116 Å². The van der Waals surface area contributed by atoms with E-state index in [1.54, 1.807) is 0 Å². The normalized spacial score (nSPS) is 18.3. The Labute approximate surface area is 328 Å². The Bertz CT molecular complexity index is 1440. The molecule has 10 nitrogen and oxygen atoms in total. The number of aryl methyl sites for hydroxylation is 3. The highest BCUT2D eigenvalue weighted by Gasteiger charge is 2.31. The number of urea groups is 1. The van der Waals surface area contributed by atoms with Crippen LogP contribution in [0.15, 0.2) is 46.6 Å². The van der Waals surface area contributed by atoms with Crippen molar-refractivity contribution in [1.82, 2.24) is 30.2 Å².